The van der Waals surface area contributed by atoms with E-state index in [1.165, 1.54) is 0 Å². The molecule has 3 N–H and O–H groups in total. The minimum Gasteiger partial charge on any atom is -0.375 e. The number of rotatable bonds is 3. The summed E-state index contributed by atoms with van der Waals surface area (Å²) in [4.78, 5) is 4.47. The predicted octanol–water partition coefficient (Wildman–Crippen LogP) is 1.98. The highest BCUT2D eigenvalue weighted by Crippen LogP contribution is 2.09. The molecule has 1 aromatic heterocycles. The SMILES string of the molecule is Cc1cccc(/C(=N\NC(N)=S)c2ccccc2)n1. The van der Waals surface area contributed by atoms with E-state index in [9.17, 15) is 0 Å². The van der Waals surface area contributed by atoms with Gasteiger partial charge < -0.3 is 5.73 Å². The van der Waals surface area contributed by atoms with Crippen LogP contribution in [0.3, 0.4) is 0 Å². The summed E-state index contributed by atoms with van der Waals surface area (Å²) in [6, 6.07) is 15.5. The molecule has 2 rings (SSSR count). The van der Waals surface area contributed by atoms with Gasteiger partial charge in [-0.15, -0.1) is 0 Å². The first-order valence-corrected chi connectivity index (χ1v) is 6.20. The normalized spacial score (nSPS) is 11.1. The average molecular weight is 270 g/mol. The number of nitrogens with two attached hydrogens (primary N) is 1. The van der Waals surface area contributed by atoms with Crippen LogP contribution in [0.4, 0.5) is 0 Å². The summed E-state index contributed by atoms with van der Waals surface area (Å²) in [5.41, 5.74) is 11.4. The van der Waals surface area contributed by atoms with E-state index in [0.717, 1.165) is 17.0 Å². The number of hydrogen-bond acceptors (Lipinski definition) is 3. The van der Waals surface area contributed by atoms with Crippen molar-refractivity contribution in [2.75, 3.05) is 0 Å². The minimum absolute atomic E-state index is 0.126. The number of benzene rings is 1. The van der Waals surface area contributed by atoms with Crippen molar-refractivity contribution in [2.45, 2.75) is 6.92 Å². The van der Waals surface area contributed by atoms with Crippen molar-refractivity contribution >= 4 is 23.0 Å². The summed E-state index contributed by atoms with van der Waals surface area (Å²) in [5.74, 6) is 0. The van der Waals surface area contributed by atoms with Crippen molar-refractivity contribution in [1.29, 1.82) is 0 Å². The third kappa shape index (κ3) is 3.59. The molecule has 0 aliphatic heterocycles. The van der Waals surface area contributed by atoms with Crippen LogP contribution in [0.15, 0.2) is 53.6 Å². The van der Waals surface area contributed by atoms with Crippen molar-refractivity contribution in [3.05, 3.63) is 65.5 Å². The Morgan fingerprint density at radius 2 is 1.89 bits per heavy atom. The van der Waals surface area contributed by atoms with E-state index in [0.29, 0.717) is 5.71 Å². The molecule has 0 saturated carbocycles. The number of aryl methyl sites for hydroxylation is 1. The van der Waals surface area contributed by atoms with Gasteiger partial charge in [0.05, 0.1) is 5.69 Å². The Kier molecular flexibility index (Phi) is 4.20. The molecule has 0 aliphatic rings. The highest BCUT2D eigenvalue weighted by molar-refractivity contribution is 7.80. The van der Waals surface area contributed by atoms with Crippen molar-refractivity contribution in [1.82, 2.24) is 10.4 Å². The lowest BCUT2D eigenvalue weighted by Crippen LogP contribution is -2.26. The molecule has 0 aliphatic carbocycles. The molecule has 2 aromatic rings. The topological polar surface area (TPSA) is 63.3 Å². The molecule has 19 heavy (non-hydrogen) atoms. The minimum atomic E-state index is 0.126. The van der Waals surface area contributed by atoms with Crippen LogP contribution in [-0.4, -0.2) is 15.8 Å². The van der Waals surface area contributed by atoms with Crippen LogP contribution >= 0.6 is 12.2 Å². The van der Waals surface area contributed by atoms with Crippen molar-refractivity contribution < 1.29 is 0 Å². The summed E-state index contributed by atoms with van der Waals surface area (Å²) in [5, 5.41) is 4.37. The zero-order valence-corrected chi connectivity index (χ0v) is 11.3. The molecule has 0 unspecified atom stereocenters. The van der Waals surface area contributed by atoms with E-state index in [1.807, 2.05) is 55.5 Å². The second-order valence-corrected chi connectivity index (χ2v) is 4.41. The van der Waals surface area contributed by atoms with E-state index in [1.54, 1.807) is 0 Å². The molecule has 1 heterocycles. The molecule has 0 spiro atoms. The number of nitrogens with one attached hydrogen (secondary N) is 1. The summed E-state index contributed by atoms with van der Waals surface area (Å²) < 4.78 is 0. The molecule has 0 fully saturated rings. The van der Waals surface area contributed by atoms with Gasteiger partial charge in [0.15, 0.2) is 5.11 Å². The Labute approximate surface area is 117 Å². The maximum absolute atomic E-state index is 5.42. The van der Waals surface area contributed by atoms with Crippen LogP contribution in [0.2, 0.25) is 0 Å². The van der Waals surface area contributed by atoms with Crippen molar-refractivity contribution in [3.63, 3.8) is 0 Å². The summed E-state index contributed by atoms with van der Waals surface area (Å²) in [6.45, 7) is 1.94. The molecular weight excluding hydrogens is 256 g/mol. The molecule has 0 bridgehead atoms. The lowest BCUT2D eigenvalue weighted by molar-refractivity contribution is 1.02. The number of nitrogens with zero attached hydrogens (tertiary/aromatic N) is 2. The Hall–Kier alpha value is -2.27. The zero-order chi connectivity index (χ0) is 13.7. The Morgan fingerprint density at radius 1 is 1.16 bits per heavy atom. The van der Waals surface area contributed by atoms with Crippen LogP contribution in [0.25, 0.3) is 0 Å². The standard InChI is InChI=1S/C14H14N4S/c1-10-6-5-9-12(16-10)13(17-18-14(15)19)11-7-3-2-4-8-11/h2-9H,1H3,(H3,15,18,19)/b17-13-. The molecule has 1 aromatic carbocycles. The highest BCUT2D eigenvalue weighted by Gasteiger charge is 2.08. The number of aromatic nitrogens is 1. The van der Waals surface area contributed by atoms with Gasteiger partial charge in [-0.2, -0.15) is 5.10 Å². The van der Waals surface area contributed by atoms with Gasteiger partial charge in [0, 0.05) is 11.3 Å². The summed E-state index contributed by atoms with van der Waals surface area (Å²) >= 11 is 4.78. The Morgan fingerprint density at radius 3 is 2.53 bits per heavy atom. The van der Waals surface area contributed by atoms with Crippen LogP contribution in [0.5, 0.6) is 0 Å². The second-order valence-electron chi connectivity index (χ2n) is 3.97. The molecule has 4 nitrogen and oxygen atoms in total. The molecular formula is C14H14N4S. The predicted molar refractivity (Wildman–Crippen MR) is 81.0 cm³/mol. The van der Waals surface area contributed by atoms with Crippen molar-refractivity contribution in [3.8, 4) is 0 Å². The Bertz CT molecular complexity index is 608. The maximum atomic E-state index is 5.42. The van der Waals surface area contributed by atoms with Gasteiger partial charge in [-0.3, -0.25) is 10.4 Å². The highest BCUT2D eigenvalue weighted by atomic mass is 32.1. The quantitative estimate of drug-likeness (QED) is 0.508. The van der Waals surface area contributed by atoms with Crippen LogP contribution in [0.1, 0.15) is 17.0 Å². The van der Waals surface area contributed by atoms with Crippen LogP contribution in [-0.2, 0) is 0 Å². The average Bonchev–Trinajstić information content (AvgIpc) is 2.40. The maximum Gasteiger partial charge on any atom is 0.184 e. The molecule has 0 atom stereocenters. The van der Waals surface area contributed by atoms with Crippen LogP contribution < -0.4 is 11.2 Å². The van der Waals surface area contributed by atoms with E-state index in [-0.39, 0.29) is 5.11 Å². The first kappa shape index (κ1) is 13.2. The zero-order valence-electron chi connectivity index (χ0n) is 10.5. The Balaban J connectivity index is 2.46. The fourth-order valence-corrected chi connectivity index (χ4v) is 1.70. The number of pyridine rings is 1. The van der Waals surface area contributed by atoms with E-state index in [2.05, 4.69) is 15.5 Å². The lowest BCUT2D eigenvalue weighted by Gasteiger charge is -2.07. The monoisotopic (exact) mass is 270 g/mol. The van der Waals surface area contributed by atoms with Gasteiger partial charge in [0.25, 0.3) is 0 Å². The number of hydrogen-bond donors (Lipinski definition) is 2. The molecule has 0 amide bonds. The number of hydrazone groups is 1. The van der Waals surface area contributed by atoms with Gasteiger partial charge in [0.1, 0.15) is 5.71 Å². The smallest absolute Gasteiger partial charge is 0.184 e. The lowest BCUT2D eigenvalue weighted by atomic mass is 10.1. The number of thiocarbonyl (C=S) groups is 1. The van der Waals surface area contributed by atoms with E-state index >= 15 is 0 Å². The summed E-state index contributed by atoms with van der Waals surface area (Å²) in [6.07, 6.45) is 0. The second kappa shape index (κ2) is 6.06. The van der Waals surface area contributed by atoms with E-state index < -0.39 is 0 Å². The van der Waals surface area contributed by atoms with Gasteiger partial charge in [0.2, 0.25) is 0 Å². The van der Waals surface area contributed by atoms with Gasteiger partial charge in [-0.05, 0) is 31.3 Å². The first-order valence-electron chi connectivity index (χ1n) is 5.79. The molecule has 96 valence electrons. The fourth-order valence-electron chi connectivity index (χ4n) is 1.65. The largest absolute Gasteiger partial charge is 0.375 e. The van der Waals surface area contributed by atoms with Crippen LogP contribution in [0, 0.1) is 6.92 Å². The summed E-state index contributed by atoms with van der Waals surface area (Å²) in [7, 11) is 0. The van der Waals surface area contributed by atoms with Crippen molar-refractivity contribution in [2.24, 2.45) is 10.8 Å². The van der Waals surface area contributed by atoms with Gasteiger partial charge in [-0.25, -0.2) is 0 Å². The third-order valence-electron chi connectivity index (χ3n) is 2.46. The third-order valence-corrected chi connectivity index (χ3v) is 2.55. The fraction of sp³-hybridized carbons (Fsp3) is 0.0714. The molecule has 0 saturated heterocycles. The van der Waals surface area contributed by atoms with E-state index in [4.69, 9.17) is 18.0 Å². The van der Waals surface area contributed by atoms with Gasteiger partial charge >= 0.3 is 0 Å². The van der Waals surface area contributed by atoms with Gasteiger partial charge in [-0.1, -0.05) is 36.4 Å². The first-order chi connectivity index (χ1) is 9.16. The molecule has 5 heteroatoms. The molecule has 0 radical (unpaired) electrons.